The van der Waals surface area contributed by atoms with Crippen molar-refractivity contribution < 1.29 is 13.9 Å². The topological polar surface area (TPSA) is 20.2 Å². The summed E-state index contributed by atoms with van der Waals surface area (Å²) in [5.41, 5.74) is 0. The highest BCUT2D eigenvalue weighted by molar-refractivity contribution is 7.17. The molecule has 1 aromatic heterocycles. The van der Waals surface area contributed by atoms with E-state index in [1.54, 1.807) is 0 Å². The van der Waals surface area contributed by atoms with E-state index in [2.05, 4.69) is 0 Å². The van der Waals surface area contributed by atoms with Crippen LogP contribution in [0, 0.1) is 11.6 Å². The number of rotatable bonds is 0. The summed E-state index contributed by atoms with van der Waals surface area (Å²) >= 11 is 1.07. The van der Waals surface area contributed by atoms with Gasteiger partial charge in [-0.15, -0.1) is 11.3 Å². The Labute approximate surface area is 70.9 Å². The molecule has 0 fully saturated rings. The van der Waals surface area contributed by atoms with E-state index in [1.165, 1.54) is 11.4 Å². The van der Waals surface area contributed by atoms with E-state index in [9.17, 15) is 8.78 Å². The molecule has 1 N–H and O–H groups in total. The van der Waals surface area contributed by atoms with Crippen LogP contribution in [-0.4, -0.2) is 5.11 Å². The smallest absolute Gasteiger partial charge is 0.145 e. The van der Waals surface area contributed by atoms with E-state index in [-0.39, 0.29) is 11.1 Å². The van der Waals surface area contributed by atoms with Gasteiger partial charge in [0.25, 0.3) is 0 Å². The molecule has 1 heterocycles. The molecule has 0 spiro atoms. The van der Waals surface area contributed by atoms with Gasteiger partial charge in [0.05, 0.1) is 5.39 Å². The minimum atomic E-state index is -0.554. The molecule has 4 heteroatoms. The van der Waals surface area contributed by atoms with Crippen LogP contribution in [0.15, 0.2) is 17.5 Å². The van der Waals surface area contributed by atoms with Crippen molar-refractivity contribution in [1.82, 2.24) is 0 Å². The summed E-state index contributed by atoms with van der Waals surface area (Å²) in [6.07, 6.45) is 0. The third-order valence-corrected chi connectivity index (χ3v) is 2.48. The molecule has 0 bridgehead atoms. The van der Waals surface area contributed by atoms with Crippen molar-refractivity contribution in [3.05, 3.63) is 29.1 Å². The predicted molar refractivity (Wildman–Crippen MR) is 43.4 cm³/mol. The van der Waals surface area contributed by atoms with Crippen molar-refractivity contribution in [2.24, 2.45) is 0 Å². The Morgan fingerprint density at radius 3 is 2.75 bits per heavy atom. The second-order valence-corrected chi connectivity index (χ2v) is 3.29. The van der Waals surface area contributed by atoms with Gasteiger partial charge in [-0.25, -0.2) is 8.78 Å². The third kappa shape index (κ3) is 0.956. The zero-order valence-electron chi connectivity index (χ0n) is 5.84. The second-order valence-electron chi connectivity index (χ2n) is 2.38. The lowest BCUT2D eigenvalue weighted by atomic mass is 10.2. The van der Waals surface area contributed by atoms with Crippen LogP contribution in [0.25, 0.3) is 10.1 Å². The maximum Gasteiger partial charge on any atom is 0.145 e. The number of hydrogen-bond acceptors (Lipinski definition) is 2. The SMILES string of the molecule is Oc1cc(F)cc2scc(F)c12. The molecule has 0 atom stereocenters. The van der Waals surface area contributed by atoms with Gasteiger partial charge in [0, 0.05) is 16.1 Å². The van der Waals surface area contributed by atoms with Crippen LogP contribution in [0.2, 0.25) is 0 Å². The quantitative estimate of drug-likeness (QED) is 0.670. The summed E-state index contributed by atoms with van der Waals surface area (Å²) in [5, 5.41) is 10.5. The highest BCUT2D eigenvalue weighted by atomic mass is 32.1. The number of hydrogen-bond donors (Lipinski definition) is 1. The van der Waals surface area contributed by atoms with Gasteiger partial charge in [0.15, 0.2) is 0 Å². The van der Waals surface area contributed by atoms with E-state index in [0.29, 0.717) is 4.70 Å². The Hall–Kier alpha value is -1.16. The molecule has 2 rings (SSSR count). The fraction of sp³-hybridized carbons (Fsp3) is 0. The third-order valence-electron chi connectivity index (χ3n) is 1.57. The van der Waals surface area contributed by atoms with Crippen LogP contribution in [-0.2, 0) is 0 Å². The number of halogens is 2. The standard InChI is InChI=1S/C8H4F2OS/c9-4-1-6(11)8-5(10)3-12-7(8)2-4/h1-3,11H. The van der Waals surface area contributed by atoms with Gasteiger partial charge in [-0.2, -0.15) is 0 Å². The summed E-state index contributed by atoms with van der Waals surface area (Å²) in [5.74, 6) is -1.40. The summed E-state index contributed by atoms with van der Waals surface area (Å²) < 4.78 is 25.9. The minimum Gasteiger partial charge on any atom is -0.507 e. The molecular formula is C8H4F2OS. The van der Waals surface area contributed by atoms with E-state index >= 15 is 0 Å². The Balaban J connectivity index is 2.93. The number of phenolic OH excluding ortho intramolecular Hbond substituents is 1. The summed E-state index contributed by atoms with van der Waals surface area (Å²) in [6, 6.07) is 2.10. The maximum absolute atomic E-state index is 12.9. The monoisotopic (exact) mass is 186 g/mol. The summed E-state index contributed by atoms with van der Waals surface area (Å²) in [7, 11) is 0. The molecule has 62 valence electrons. The fourth-order valence-electron chi connectivity index (χ4n) is 1.08. The molecular weight excluding hydrogens is 182 g/mol. The number of aromatic hydroxyl groups is 1. The van der Waals surface area contributed by atoms with E-state index < -0.39 is 11.6 Å². The zero-order valence-corrected chi connectivity index (χ0v) is 6.66. The lowest BCUT2D eigenvalue weighted by molar-refractivity contribution is 0.473. The number of thiophene rings is 1. The lowest BCUT2D eigenvalue weighted by Crippen LogP contribution is -1.75. The number of phenols is 1. The van der Waals surface area contributed by atoms with Gasteiger partial charge in [0.2, 0.25) is 0 Å². The van der Waals surface area contributed by atoms with Gasteiger partial charge < -0.3 is 5.11 Å². The van der Waals surface area contributed by atoms with E-state index in [0.717, 1.165) is 17.4 Å². The normalized spacial score (nSPS) is 10.8. The first-order valence-electron chi connectivity index (χ1n) is 3.23. The van der Waals surface area contributed by atoms with Crippen LogP contribution in [0.3, 0.4) is 0 Å². The van der Waals surface area contributed by atoms with Crippen LogP contribution >= 0.6 is 11.3 Å². The molecule has 0 radical (unpaired) electrons. The predicted octanol–water partition coefficient (Wildman–Crippen LogP) is 2.89. The van der Waals surface area contributed by atoms with Gasteiger partial charge in [0.1, 0.15) is 17.4 Å². The van der Waals surface area contributed by atoms with Crippen molar-refractivity contribution in [2.75, 3.05) is 0 Å². The Bertz CT molecular complexity index is 436. The average molecular weight is 186 g/mol. The molecule has 2 aromatic rings. The second kappa shape index (κ2) is 2.42. The molecule has 0 saturated carbocycles. The Kier molecular flexibility index (Phi) is 1.51. The molecule has 0 amide bonds. The van der Waals surface area contributed by atoms with Crippen LogP contribution in [0.4, 0.5) is 8.78 Å². The van der Waals surface area contributed by atoms with Crippen molar-refractivity contribution >= 4 is 21.4 Å². The summed E-state index contributed by atoms with van der Waals surface area (Å²) in [4.78, 5) is 0. The first-order chi connectivity index (χ1) is 5.68. The summed E-state index contributed by atoms with van der Waals surface area (Å²) in [6.45, 7) is 0. The van der Waals surface area contributed by atoms with Crippen LogP contribution < -0.4 is 0 Å². The van der Waals surface area contributed by atoms with Crippen molar-refractivity contribution in [3.8, 4) is 5.75 Å². The van der Waals surface area contributed by atoms with Crippen molar-refractivity contribution in [3.63, 3.8) is 0 Å². The minimum absolute atomic E-state index is 0.0985. The molecule has 12 heavy (non-hydrogen) atoms. The maximum atomic E-state index is 12.9. The average Bonchev–Trinajstić information content (AvgIpc) is 2.31. The number of benzene rings is 1. The van der Waals surface area contributed by atoms with Gasteiger partial charge >= 0.3 is 0 Å². The lowest BCUT2D eigenvalue weighted by Gasteiger charge is -1.94. The van der Waals surface area contributed by atoms with Gasteiger partial charge in [-0.3, -0.25) is 0 Å². The Morgan fingerprint density at radius 1 is 1.25 bits per heavy atom. The largest absolute Gasteiger partial charge is 0.507 e. The van der Waals surface area contributed by atoms with Crippen LogP contribution in [0.5, 0.6) is 5.75 Å². The highest BCUT2D eigenvalue weighted by Crippen LogP contribution is 2.32. The Morgan fingerprint density at radius 2 is 2.00 bits per heavy atom. The van der Waals surface area contributed by atoms with Crippen LogP contribution in [0.1, 0.15) is 0 Å². The van der Waals surface area contributed by atoms with Gasteiger partial charge in [-0.1, -0.05) is 0 Å². The fourth-order valence-corrected chi connectivity index (χ4v) is 1.92. The van der Waals surface area contributed by atoms with E-state index in [4.69, 9.17) is 5.11 Å². The first-order valence-corrected chi connectivity index (χ1v) is 4.11. The van der Waals surface area contributed by atoms with Crippen molar-refractivity contribution in [2.45, 2.75) is 0 Å². The number of fused-ring (bicyclic) bond motifs is 1. The molecule has 1 aromatic carbocycles. The van der Waals surface area contributed by atoms with Gasteiger partial charge in [-0.05, 0) is 6.07 Å². The highest BCUT2D eigenvalue weighted by Gasteiger charge is 2.09. The first kappa shape index (κ1) is 7.49. The molecule has 0 aliphatic carbocycles. The van der Waals surface area contributed by atoms with E-state index in [1.807, 2.05) is 0 Å². The van der Waals surface area contributed by atoms with Crippen molar-refractivity contribution in [1.29, 1.82) is 0 Å². The molecule has 0 aliphatic heterocycles. The molecule has 0 unspecified atom stereocenters. The molecule has 1 nitrogen and oxygen atoms in total. The molecule has 0 aliphatic rings. The molecule has 0 saturated heterocycles. The zero-order chi connectivity index (χ0) is 8.72.